The quantitative estimate of drug-likeness (QED) is 0.815. The molecule has 0 radical (unpaired) electrons. The highest BCUT2D eigenvalue weighted by Crippen LogP contribution is 2.24. The number of hydrogen-bond donors (Lipinski definition) is 1. The van der Waals surface area contributed by atoms with E-state index in [1.54, 1.807) is 11.3 Å². The molecule has 0 saturated carbocycles. The lowest BCUT2D eigenvalue weighted by Crippen LogP contribution is -2.40. The first-order valence-corrected chi connectivity index (χ1v) is 5.79. The van der Waals surface area contributed by atoms with E-state index in [-0.39, 0.29) is 11.4 Å². The van der Waals surface area contributed by atoms with Gasteiger partial charge in [-0.15, -0.1) is 11.3 Å². The van der Waals surface area contributed by atoms with Gasteiger partial charge in [0.2, 0.25) is 5.91 Å². The first kappa shape index (κ1) is 11.2. The normalized spacial score (nSPS) is 11.4. The van der Waals surface area contributed by atoms with Gasteiger partial charge in [-0.3, -0.25) is 4.79 Å². The standard InChI is InChI=1S/C11H17NOS/c1-4-6-10(13)12-11(2,3)9-7-5-8-14-9/h5,7-8H,4,6H2,1-3H3,(H,12,13). The first-order chi connectivity index (χ1) is 6.56. The fourth-order valence-corrected chi connectivity index (χ4v) is 2.14. The van der Waals surface area contributed by atoms with Gasteiger partial charge in [-0.2, -0.15) is 0 Å². The highest BCUT2D eigenvalue weighted by molar-refractivity contribution is 7.10. The van der Waals surface area contributed by atoms with Crippen molar-refractivity contribution >= 4 is 17.2 Å². The van der Waals surface area contributed by atoms with Crippen LogP contribution in [0.25, 0.3) is 0 Å². The highest BCUT2D eigenvalue weighted by Gasteiger charge is 2.22. The maximum absolute atomic E-state index is 11.4. The molecule has 2 nitrogen and oxygen atoms in total. The van der Waals surface area contributed by atoms with Crippen LogP contribution in [0.4, 0.5) is 0 Å². The Kier molecular flexibility index (Phi) is 3.69. The van der Waals surface area contributed by atoms with Crippen molar-refractivity contribution in [2.24, 2.45) is 0 Å². The molecule has 0 unspecified atom stereocenters. The molecular weight excluding hydrogens is 194 g/mol. The SMILES string of the molecule is CCCC(=O)NC(C)(C)c1cccs1. The van der Waals surface area contributed by atoms with Crippen LogP contribution in [0, 0.1) is 0 Å². The molecule has 0 aromatic carbocycles. The summed E-state index contributed by atoms with van der Waals surface area (Å²) in [5.41, 5.74) is -0.236. The Balaban J connectivity index is 2.63. The average Bonchev–Trinajstić information content (AvgIpc) is 2.54. The highest BCUT2D eigenvalue weighted by atomic mass is 32.1. The second-order valence-corrected chi connectivity index (χ2v) is 4.85. The Bertz CT molecular complexity index is 290. The number of carbonyl (C=O) groups excluding carboxylic acids is 1. The van der Waals surface area contributed by atoms with E-state index in [1.807, 2.05) is 32.2 Å². The summed E-state index contributed by atoms with van der Waals surface area (Å²) >= 11 is 1.68. The maximum atomic E-state index is 11.4. The van der Waals surface area contributed by atoms with Gasteiger partial charge in [0.1, 0.15) is 0 Å². The van der Waals surface area contributed by atoms with Gasteiger partial charge in [0.25, 0.3) is 0 Å². The number of rotatable bonds is 4. The third kappa shape index (κ3) is 2.84. The van der Waals surface area contributed by atoms with Gasteiger partial charge in [0.05, 0.1) is 5.54 Å². The summed E-state index contributed by atoms with van der Waals surface area (Å²) in [6, 6.07) is 4.06. The van der Waals surface area contributed by atoms with Crippen molar-refractivity contribution in [1.29, 1.82) is 0 Å². The van der Waals surface area contributed by atoms with Crippen LogP contribution < -0.4 is 5.32 Å². The molecule has 0 spiro atoms. The minimum absolute atomic E-state index is 0.130. The van der Waals surface area contributed by atoms with E-state index >= 15 is 0 Å². The molecule has 1 heterocycles. The third-order valence-electron chi connectivity index (χ3n) is 2.07. The van der Waals surface area contributed by atoms with E-state index in [1.165, 1.54) is 4.88 Å². The van der Waals surface area contributed by atoms with Crippen LogP contribution in [0.5, 0.6) is 0 Å². The van der Waals surface area contributed by atoms with Crippen molar-refractivity contribution in [1.82, 2.24) is 5.32 Å². The van der Waals surface area contributed by atoms with Gasteiger partial charge >= 0.3 is 0 Å². The molecule has 0 aliphatic carbocycles. The Morgan fingerprint density at radius 3 is 2.79 bits per heavy atom. The zero-order valence-electron chi connectivity index (χ0n) is 8.96. The number of amides is 1. The molecule has 3 heteroatoms. The number of hydrogen-bond acceptors (Lipinski definition) is 2. The first-order valence-electron chi connectivity index (χ1n) is 4.91. The molecule has 0 atom stereocenters. The zero-order chi connectivity index (χ0) is 10.6. The van der Waals surface area contributed by atoms with Crippen molar-refractivity contribution < 1.29 is 4.79 Å². The van der Waals surface area contributed by atoms with Crippen LogP contribution in [-0.2, 0) is 10.3 Å². The zero-order valence-corrected chi connectivity index (χ0v) is 9.78. The molecule has 78 valence electrons. The van der Waals surface area contributed by atoms with E-state index in [4.69, 9.17) is 0 Å². The van der Waals surface area contributed by atoms with E-state index in [2.05, 4.69) is 11.4 Å². The summed E-state index contributed by atoms with van der Waals surface area (Å²) in [7, 11) is 0. The minimum atomic E-state index is -0.236. The Morgan fingerprint density at radius 1 is 1.57 bits per heavy atom. The van der Waals surface area contributed by atoms with Gasteiger partial charge < -0.3 is 5.32 Å². The average molecular weight is 211 g/mol. The Labute approximate surface area is 89.3 Å². The van der Waals surface area contributed by atoms with E-state index in [9.17, 15) is 4.79 Å². The van der Waals surface area contributed by atoms with Crippen LogP contribution in [0.15, 0.2) is 17.5 Å². The molecule has 0 bridgehead atoms. The maximum Gasteiger partial charge on any atom is 0.220 e. The molecule has 1 aromatic heterocycles. The van der Waals surface area contributed by atoms with Gasteiger partial charge in [-0.1, -0.05) is 13.0 Å². The van der Waals surface area contributed by atoms with E-state index in [0.717, 1.165) is 6.42 Å². The number of carbonyl (C=O) groups is 1. The van der Waals surface area contributed by atoms with E-state index < -0.39 is 0 Å². The lowest BCUT2D eigenvalue weighted by molar-refractivity contribution is -0.122. The summed E-state index contributed by atoms with van der Waals surface area (Å²) in [5, 5.41) is 5.06. The molecular formula is C11H17NOS. The van der Waals surface area contributed by atoms with Crippen LogP contribution in [0.1, 0.15) is 38.5 Å². The fourth-order valence-electron chi connectivity index (χ4n) is 1.33. The van der Waals surface area contributed by atoms with Gasteiger partial charge in [-0.05, 0) is 31.7 Å². The molecule has 1 N–H and O–H groups in total. The van der Waals surface area contributed by atoms with Gasteiger partial charge in [0.15, 0.2) is 0 Å². The number of thiophene rings is 1. The molecule has 0 saturated heterocycles. The van der Waals surface area contributed by atoms with Gasteiger partial charge in [0, 0.05) is 11.3 Å². The van der Waals surface area contributed by atoms with Crippen molar-refractivity contribution in [2.75, 3.05) is 0 Å². The van der Waals surface area contributed by atoms with Crippen LogP contribution >= 0.6 is 11.3 Å². The summed E-state index contributed by atoms with van der Waals surface area (Å²) < 4.78 is 0. The molecule has 1 amide bonds. The molecule has 0 fully saturated rings. The smallest absolute Gasteiger partial charge is 0.220 e. The molecule has 14 heavy (non-hydrogen) atoms. The monoisotopic (exact) mass is 211 g/mol. The molecule has 1 aromatic rings. The lowest BCUT2D eigenvalue weighted by Gasteiger charge is -2.24. The van der Waals surface area contributed by atoms with Crippen molar-refractivity contribution in [2.45, 2.75) is 39.2 Å². The summed E-state index contributed by atoms with van der Waals surface area (Å²) in [4.78, 5) is 12.6. The molecule has 1 rings (SSSR count). The number of nitrogens with one attached hydrogen (secondary N) is 1. The molecule has 0 aliphatic rings. The summed E-state index contributed by atoms with van der Waals surface area (Å²) in [6.07, 6.45) is 1.50. The predicted octanol–water partition coefficient (Wildman–Crippen LogP) is 2.90. The van der Waals surface area contributed by atoms with Crippen LogP contribution in [0.2, 0.25) is 0 Å². The topological polar surface area (TPSA) is 29.1 Å². The summed E-state index contributed by atoms with van der Waals surface area (Å²) in [6.45, 7) is 6.08. The van der Waals surface area contributed by atoms with E-state index in [0.29, 0.717) is 6.42 Å². The van der Waals surface area contributed by atoms with Crippen LogP contribution in [-0.4, -0.2) is 5.91 Å². The van der Waals surface area contributed by atoms with Gasteiger partial charge in [-0.25, -0.2) is 0 Å². The predicted molar refractivity (Wildman–Crippen MR) is 60.4 cm³/mol. The third-order valence-corrected chi connectivity index (χ3v) is 3.26. The van der Waals surface area contributed by atoms with Crippen molar-refractivity contribution in [3.63, 3.8) is 0 Å². The Hall–Kier alpha value is -0.830. The second-order valence-electron chi connectivity index (χ2n) is 3.90. The largest absolute Gasteiger partial charge is 0.346 e. The fraction of sp³-hybridized carbons (Fsp3) is 0.545. The second kappa shape index (κ2) is 4.60. The van der Waals surface area contributed by atoms with Crippen molar-refractivity contribution in [3.05, 3.63) is 22.4 Å². The minimum Gasteiger partial charge on any atom is -0.346 e. The lowest BCUT2D eigenvalue weighted by atomic mass is 10.0. The van der Waals surface area contributed by atoms with Crippen molar-refractivity contribution in [3.8, 4) is 0 Å². The Morgan fingerprint density at radius 2 is 2.29 bits per heavy atom. The summed E-state index contributed by atoms with van der Waals surface area (Å²) in [5.74, 6) is 0.130. The molecule has 0 aliphatic heterocycles. The van der Waals surface area contributed by atoms with Crippen LogP contribution in [0.3, 0.4) is 0 Å².